The number of hydrogen-bond donors (Lipinski definition) is 2. The minimum atomic E-state index is -0.444. The molecule has 0 spiro atoms. The number of carbonyl (C=O) groups excluding carboxylic acids is 1. The molecule has 0 bridgehead atoms. The van der Waals surface area contributed by atoms with Crippen LogP contribution in [0.25, 0.3) is 11.2 Å². The molecule has 3 heterocycles. The van der Waals surface area contributed by atoms with Crippen molar-refractivity contribution in [2.24, 2.45) is 0 Å². The number of H-pyrrole nitrogens is 1. The van der Waals surface area contributed by atoms with Gasteiger partial charge in [-0.15, -0.1) is 11.5 Å². The van der Waals surface area contributed by atoms with Gasteiger partial charge in [0.2, 0.25) is 5.65 Å². The minimum absolute atomic E-state index is 0.126. The molecule has 2 aromatic heterocycles. The molecule has 3 rings (SSSR count). The van der Waals surface area contributed by atoms with Crippen molar-refractivity contribution in [3.63, 3.8) is 0 Å². The zero-order valence-corrected chi connectivity index (χ0v) is 10.7. The van der Waals surface area contributed by atoms with Crippen molar-refractivity contribution in [2.45, 2.75) is 25.0 Å². The Morgan fingerprint density at radius 2 is 2.50 bits per heavy atom. The van der Waals surface area contributed by atoms with Crippen LogP contribution in [0.5, 0.6) is 0 Å². The summed E-state index contributed by atoms with van der Waals surface area (Å²) < 4.78 is 5.51. The van der Waals surface area contributed by atoms with Crippen molar-refractivity contribution in [1.82, 2.24) is 25.7 Å². The second kappa shape index (κ2) is 5.27. The first-order valence-corrected chi connectivity index (χ1v) is 6.33. The molecular weight excluding hydrogens is 258 g/mol. The Labute approximate surface area is 115 Å². The number of hydrogen-bond acceptors (Lipinski definition) is 5. The zero-order chi connectivity index (χ0) is 13.9. The maximum atomic E-state index is 12.3. The Balaban J connectivity index is 1.82. The van der Waals surface area contributed by atoms with Crippen LogP contribution >= 0.6 is 0 Å². The SMILES string of the molecule is C#CC(NC(=O)c1ccnc2n[nH]nc12)C1CCCO1. The molecule has 7 heteroatoms. The molecular formula is C13H13N5O2. The Morgan fingerprint density at radius 3 is 3.25 bits per heavy atom. The summed E-state index contributed by atoms with van der Waals surface area (Å²) >= 11 is 0. The van der Waals surface area contributed by atoms with E-state index in [1.807, 2.05) is 0 Å². The van der Waals surface area contributed by atoms with Gasteiger partial charge in [0.05, 0.1) is 11.7 Å². The molecule has 7 nitrogen and oxygen atoms in total. The van der Waals surface area contributed by atoms with E-state index < -0.39 is 6.04 Å². The number of nitrogens with one attached hydrogen (secondary N) is 2. The molecule has 20 heavy (non-hydrogen) atoms. The van der Waals surface area contributed by atoms with E-state index in [1.165, 1.54) is 6.20 Å². The molecule has 1 amide bonds. The van der Waals surface area contributed by atoms with Crippen LogP contribution in [0.2, 0.25) is 0 Å². The molecule has 2 unspecified atom stereocenters. The average molecular weight is 271 g/mol. The number of ether oxygens (including phenoxy) is 1. The zero-order valence-electron chi connectivity index (χ0n) is 10.7. The number of aromatic nitrogens is 4. The third-order valence-corrected chi connectivity index (χ3v) is 3.27. The highest BCUT2D eigenvalue weighted by molar-refractivity contribution is 6.03. The Hall–Kier alpha value is -2.46. The quantitative estimate of drug-likeness (QED) is 0.781. The fraction of sp³-hybridized carbons (Fsp3) is 0.385. The number of rotatable bonds is 3. The summed E-state index contributed by atoms with van der Waals surface area (Å²) in [6, 6.07) is 1.14. The maximum Gasteiger partial charge on any atom is 0.254 e. The van der Waals surface area contributed by atoms with Crippen molar-refractivity contribution in [2.75, 3.05) is 6.61 Å². The normalized spacial score (nSPS) is 19.6. The molecule has 2 aromatic rings. The van der Waals surface area contributed by atoms with Crippen molar-refractivity contribution in [1.29, 1.82) is 0 Å². The molecule has 0 aliphatic carbocycles. The molecule has 1 fully saturated rings. The molecule has 2 N–H and O–H groups in total. The molecule has 0 radical (unpaired) electrons. The number of terminal acetylenes is 1. The number of pyridine rings is 1. The van der Waals surface area contributed by atoms with Crippen LogP contribution in [0.3, 0.4) is 0 Å². The van der Waals surface area contributed by atoms with E-state index in [0.717, 1.165) is 12.8 Å². The number of fused-ring (bicyclic) bond motifs is 1. The Bertz CT molecular complexity index is 669. The van der Waals surface area contributed by atoms with Crippen LogP contribution in [-0.4, -0.2) is 45.1 Å². The summed E-state index contributed by atoms with van der Waals surface area (Å²) in [7, 11) is 0. The number of amides is 1. The van der Waals surface area contributed by atoms with Gasteiger partial charge in [0, 0.05) is 12.8 Å². The Kier molecular flexibility index (Phi) is 3.31. The first kappa shape index (κ1) is 12.6. The monoisotopic (exact) mass is 271 g/mol. The summed E-state index contributed by atoms with van der Waals surface area (Å²) in [5.41, 5.74) is 1.21. The molecule has 1 saturated heterocycles. The van der Waals surface area contributed by atoms with E-state index in [0.29, 0.717) is 23.3 Å². The lowest BCUT2D eigenvalue weighted by molar-refractivity contribution is 0.0777. The van der Waals surface area contributed by atoms with E-state index in [9.17, 15) is 4.79 Å². The molecule has 102 valence electrons. The minimum Gasteiger partial charge on any atom is -0.375 e. The van der Waals surface area contributed by atoms with E-state index in [1.54, 1.807) is 6.07 Å². The predicted octanol–water partition coefficient (Wildman–Crippen LogP) is 0.263. The molecule has 1 aliphatic heterocycles. The predicted molar refractivity (Wildman–Crippen MR) is 70.7 cm³/mol. The lowest BCUT2D eigenvalue weighted by Gasteiger charge is -2.19. The Morgan fingerprint density at radius 1 is 1.60 bits per heavy atom. The van der Waals surface area contributed by atoms with E-state index in [4.69, 9.17) is 11.2 Å². The van der Waals surface area contributed by atoms with Gasteiger partial charge in [0.1, 0.15) is 11.6 Å². The maximum absolute atomic E-state index is 12.3. The van der Waals surface area contributed by atoms with Crippen LogP contribution in [0.4, 0.5) is 0 Å². The third-order valence-electron chi connectivity index (χ3n) is 3.27. The van der Waals surface area contributed by atoms with Gasteiger partial charge < -0.3 is 10.1 Å². The van der Waals surface area contributed by atoms with Crippen LogP contribution in [0.1, 0.15) is 23.2 Å². The van der Waals surface area contributed by atoms with Crippen molar-refractivity contribution in [3.8, 4) is 12.3 Å². The highest BCUT2D eigenvalue weighted by Crippen LogP contribution is 2.17. The van der Waals surface area contributed by atoms with Crippen LogP contribution in [0, 0.1) is 12.3 Å². The van der Waals surface area contributed by atoms with Gasteiger partial charge in [0.15, 0.2) is 0 Å². The van der Waals surface area contributed by atoms with Gasteiger partial charge in [-0.25, -0.2) is 4.98 Å². The highest BCUT2D eigenvalue weighted by Gasteiger charge is 2.26. The third kappa shape index (κ3) is 2.21. The summed E-state index contributed by atoms with van der Waals surface area (Å²) in [5.74, 6) is 2.27. The van der Waals surface area contributed by atoms with Crippen molar-refractivity contribution in [3.05, 3.63) is 17.8 Å². The number of carbonyl (C=O) groups is 1. The average Bonchev–Trinajstić information content (AvgIpc) is 3.14. The van der Waals surface area contributed by atoms with E-state index >= 15 is 0 Å². The number of nitrogens with zero attached hydrogens (tertiary/aromatic N) is 3. The van der Waals surface area contributed by atoms with Gasteiger partial charge in [-0.3, -0.25) is 4.79 Å². The summed E-state index contributed by atoms with van der Waals surface area (Å²) in [5, 5.41) is 13.0. The first-order valence-electron chi connectivity index (χ1n) is 6.33. The fourth-order valence-electron chi connectivity index (χ4n) is 2.27. The van der Waals surface area contributed by atoms with Crippen molar-refractivity contribution < 1.29 is 9.53 Å². The second-order valence-corrected chi connectivity index (χ2v) is 4.52. The lowest BCUT2D eigenvalue weighted by atomic mass is 10.1. The number of aromatic amines is 1. The molecule has 1 aliphatic rings. The lowest BCUT2D eigenvalue weighted by Crippen LogP contribution is -2.42. The second-order valence-electron chi connectivity index (χ2n) is 4.52. The van der Waals surface area contributed by atoms with Gasteiger partial charge in [0.25, 0.3) is 5.91 Å². The van der Waals surface area contributed by atoms with Crippen LogP contribution in [-0.2, 0) is 4.74 Å². The largest absolute Gasteiger partial charge is 0.375 e. The smallest absolute Gasteiger partial charge is 0.254 e. The standard InChI is InChI=1S/C13H13N5O2/c1-2-9(10-4-3-7-20-10)15-13(19)8-5-6-14-12-11(8)16-18-17-12/h1,5-6,9-10H,3-4,7H2,(H,15,19)(H,14,16,17,18). The molecule has 0 aromatic carbocycles. The first-order chi connectivity index (χ1) is 9.79. The molecule has 0 saturated carbocycles. The van der Waals surface area contributed by atoms with Crippen LogP contribution < -0.4 is 5.32 Å². The summed E-state index contributed by atoms with van der Waals surface area (Å²) in [6.07, 6.45) is 8.68. The van der Waals surface area contributed by atoms with Gasteiger partial charge in [-0.05, 0) is 18.9 Å². The highest BCUT2D eigenvalue weighted by atomic mass is 16.5. The van der Waals surface area contributed by atoms with Gasteiger partial charge in [-0.1, -0.05) is 5.92 Å². The summed E-state index contributed by atoms with van der Waals surface area (Å²) in [4.78, 5) is 16.3. The fourth-order valence-corrected chi connectivity index (χ4v) is 2.27. The van der Waals surface area contributed by atoms with Gasteiger partial charge >= 0.3 is 0 Å². The topological polar surface area (TPSA) is 92.8 Å². The molecule has 2 atom stereocenters. The van der Waals surface area contributed by atoms with E-state index in [2.05, 4.69) is 31.6 Å². The van der Waals surface area contributed by atoms with E-state index in [-0.39, 0.29) is 12.0 Å². The summed E-state index contributed by atoms with van der Waals surface area (Å²) in [6.45, 7) is 0.682. The van der Waals surface area contributed by atoms with Crippen molar-refractivity contribution >= 4 is 17.1 Å². The van der Waals surface area contributed by atoms with Gasteiger partial charge in [-0.2, -0.15) is 10.3 Å². The van der Waals surface area contributed by atoms with Crippen LogP contribution in [0.15, 0.2) is 12.3 Å².